The third kappa shape index (κ3) is 4.97. The lowest BCUT2D eigenvalue weighted by atomic mass is 9.88. The smallest absolute Gasteiger partial charge is 0.321 e. The predicted molar refractivity (Wildman–Crippen MR) is 148 cm³/mol. The average Bonchev–Trinajstić information content (AvgIpc) is 3.44. The normalized spacial score (nSPS) is 21.4. The molecule has 1 aliphatic heterocycles. The number of anilines is 1. The number of ether oxygens (including phenoxy) is 1. The molecular weight excluding hydrogens is 500 g/mol. The first kappa shape index (κ1) is 24.8. The predicted octanol–water partition coefficient (Wildman–Crippen LogP) is 4.22. The van der Waals surface area contributed by atoms with Gasteiger partial charge in [-0.25, -0.2) is 9.78 Å². The maximum absolute atomic E-state index is 12.9. The van der Waals surface area contributed by atoms with Gasteiger partial charge in [-0.05, 0) is 42.8 Å². The number of aliphatic hydroxyl groups excluding tert-OH is 1. The summed E-state index contributed by atoms with van der Waals surface area (Å²) in [4.78, 5) is 34.0. The Labute approximate surface area is 225 Å². The molecule has 196 valence electrons. The van der Waals surface area contributed by atoms with Crippen LogP contribution in [0.5, 0.6) is 5.75 Å². The van der Waals surface area contributed by atoms with Crippen molar-refractivity contribution in [1.82, 2.24) is 14.8 Å². The standard InChI is InChI=1S/C29H30N4O4S/c1-18-30-26-15-21(7-9-27(26)38-18)37-17-20(34)16-32-10-12-33(13-11-32)29(36)31-19-6-8-24-25(14-19)22-4-2-3-5-23(22)28(24)35/h2-9,14-15,20,22-23,34H,10-13,16-17H2,1H3,(H,31,36)/t20-,22?,23?/m1/s1. The first-order valence-corrected chi connectivity index (χ1v) is 13.8. The number of urea groups is 1. The molecule has 0 bridgehead atoms. The molecule has 1 aromatic heterocycles. The Balaban J connectivity index is 0.975. The molecule has 2 N–H and O–H groups in total. The van der Waals surface area contributed by atoms with Crippen LogP contribution in [0, 0.1) is 12.8 Å². The Morgan fingerprint density at radius 2 is 1.92 bits per heavy atom. The van der Waals surface area contributed by atoms with Crippen LogP contribution in [0.3, 0.4) is 0 Å². The van der Waals surface area contributed by atoms with E-state index in [-0.39, 0.29) is 30.3 Å². The maximum Gasteiger partial charge on any atom is 0.321 e. The minimum Gasteiger partial charge on any atom is -0.491 e. The molecule has 2 aliphatic carbocycles. The lowest BCUT2D eigenvalue weighted by molar-refractivity contribution is 0.0526. The molecule has 1 saturated heterocycles. The number of aryl methyl sites for hydroxylation is 1. The van der Waals surface area contributed by atoms with E-state index >= 15 is 0 Å². The quantitative estimate of drug-likeness (QED) is 0.496. The monoisotopic (exact) mass is 530 g/mol. The molecule has 2 unspecified atom stereocenters. The van der Waals surface area contributed by atoms with E-state index in [1.807, 2.05) is 55.5 Å². The van der Waals surface area contributed by atoms with Gasteiger partial charge in [0.1, 0.15) is 18.5 Å². The van der Waals surface area contributed by atoms with E-state index in [4.69, 9.17) is 4.74 Å². The number of benzene rings is 2. The van der Waals surface area contributed by atoms with E-state index in [1.165, 1.54) is 0 Å². The van der Waals surface area contributed by atoms with Crippen LogP contribution in [0.1, 0.15) is 26.8 Å². The molecule has 0 radical (unpaired) electrons. The molecule has 0 spiro atoms. The van der Waals surface area contributed by atoms with Crippen molar-refractivity contribution in [2.75, 3.05) is 44.6 Å². The number of allylic oxidation sites excluding steroid dienone is 4. The number of carbonyl (C=O) groups excluding carboxylic acids is 2. The Morgan fingerprint density at radius 3 is 2.74 bits per heavy atom. The summed E-state index contributed by atoms with van der Waals surface area (Å²) < 4.78 is 6.93. The average molecular weight is 531 g/mol. The summed E-state index contributed by atoms with van der Waals surface area (Å²) in [5.74, 6) is 0.743. The van der Waals surface area contributed by atoms with E-state index in [9.17, 15) is 14.7 Å². The third-order valence-corrected chi connectivity index (χ3v) is 8.35. The third-order valence-electron chi connectivity index (χ3n) is 7.40. The number of hydrogen-bond donors (Lipinski definition) is 2. The number of aliphatic hydroxyl groups is 1. The van der Waals surface area contributed by atoms with Crippen LogP contribution in [-0.2, 0) is 0 Å². The fraction of sp³-hybridized carbons (Fsp3) is 0.345. The molecule has 2 amide bonds. The second-order valence-electron chi connectivity index (χ2n) is 10.0. The number of thiazole rings is 1. The summed E-state index contributed by atoms with van der Waals surface area (Å²) in [6.45, 7) is 5.15. The van der Waals surface area contributed by atoms with Gasteiger partial charge in [0.05, 0.1) is 21.1 Å². The van der Waals surface area contributed by atoms with Crippen molar-refractivity contribution in [1.29, 1.82) is 0 Å². The number of carbonyl (C=O) groups is 2. The maximum atomic E-state index is 12.9. The molecule has 1 fully saturated rings. The number of rotatable bonds is 6. The highest BCUT2D eigenvalue weighted by Crippen LogP contribution is 2.42. The number of nitrogens with one attached hydrogen (secondary N) is 1. The van der Waals surface area contributed by atoms with Crippen molar-refractivity contribution in [3.8, 4) is 5.75 Å². The first-order chi connectivity index (χ1) is 18.4. The molecule has 3 aromatic rings. The summed E-state index contributed by atoms with van der Waals surface area (Å²) in [5.41, 5.74) is 3.32. The molecular formula is C29H30N4O4S. The zero-order chi connectivity index (χ0) is 26.2. The van der Waals surface area contributed by atoms with Crippen LogP contribution < -0.4 is 10.1 Å². The number of nitrogens with zero attached hydrogens (tertiary/aromatic N) is 3. The number of amides is 2. The van der Waals surface area contributed by atoms with Gasteiger partial charge in [0.2, 0.25) is 0 Å². The van der Waals surface area contributed by atoms with Crippen LogP contribution in [-0.4, -0.2) is 77.1 Å². The van der Waals surface area contributed by atoms with Crippen LogP contribution in [0.2, 0.25) is 0 Å². The van der Waals surface area contributed by atoms with Gasteiger partial charge in [0.25, 0.3) is 0 Å². The van der Waals surface area contributed by atoms with Crippen molar-refractivity contribution in [3.63, 3.8) is 0 Å². The lowest BCUT2D eigenvalue weighted by Gasteiger charge is -2.35. The lowest BCUT2D eigenvalue weighted by Crippen LogP contribution is -2.52. The second-order valence-corrected chi connectivity index (χ2v) is 11.3. The Bertz CT molecular complexity index is 1440. The Hall–Kier alpha value is -3.53. The van der Waals surface area contributed by atoms with Crippen LogP contribution >= 0.6 is 11.3 Å². The molecule has 2 aromatic carbocycles. The van der Waals surface area contributed by atoms with E-state index in [0.717, 1.165) is 26.4 Å². The zero-order valence-electron chi connectivity index (χ0n) is 21.2. The fourth-order valence-electron chi connectivity index (χ4n) is 5.47. The molecule has 3 atom stereocenters. The van der Waals surface area contributed by atoms with Crippen molar-refractivity contribution >= 4 is 39.1 Å². The van der Waals surface area contributed by atoms with Gasteiger partial charge in [-0.3, -0.25) is 9.69 Å². The zero-order valence-corrected chi connectivity index (χ0v) is 22.0. The van der Waals surface area contributed by atoms with Crippen molar-refractivity contribution < 1.29 is 19.4 Å². The number of hydrogen-bond acceptors (Lipinski definition) is 7. The minimum absolute atomic E-state index is 0.0395. The van der Waals surface area contributed by atoms with Gasteiger partial charge >= 0.3 is 6.03 Å². The SMILES string of the molecule is Cc1nc2cc(OC[C@H](O)CN3CCN(C(=O)Nc4ccc5c(c4)C4C=CC=CC4C5=O)CC3)ccc2s1. The van der Waals surface area contributed by atoms with Gasteiger partial charge in [0.15, 0.2) is 5.78 Å². The van der Waals surface area contributed by atoms with Gasteiger partial charge in [-0.2, -0.15) is 0 Å². The van der Waals surface area contributed by atoms with E-state index in [1.54, 1.807) is 22.3 Å². The number of ketones is 1. The van der Waals surface area contributed by atoms with Crippen molar-refractivity contribution in [3.05, 3.63) is 76.8 Å². The van der Waals surface area contributed by atoms with Gasteiger partial charge in [-0.15, -0.1) is 11.3 Å². The van der Waals surface area contributed by atoms with Crippen molar-refractivity contribution in [2.24, 2.45) is 5.92 Å². The first-order valence-electron chi connectivity index (χ1n) is 12.9. The number of fused-ring (bicyclic) bond motifs is 4. The highest BCUT2D eigenvalue weighted by molar-refractivity contribution is 7.18. The largest absolute Gasteiger partial charge is 0.491 e. The summed E-state index contributed by atoms with van der Waals surface area (Å²) in [7, 11) is 0. The summed E-state index contributed by atoms with van der Waals surface area (Å²) >= 11 is 1.65. The fourth-order valence-corrected chi connectivity index (χ4v) is 6.27. The van der Waals surface area contributed by atoms with Crippen LogP contribution in [0.25, 0.3) is 10.2 Å². The Kier molecular flexibility index (Phi) is 6.73. The van der Waals surface area contributed by atoms with Crippen molar-refractivity contribution in [2.45, 2.75) is 18.9 Å². The highest BCUT2D eigenvalue weighted by Gasteiger charge is 2.37. The van der Waals surface area contributed by atoms with Crippen LogP contribution in [0.4, 0.5) is 10.5 Å². The second kappa shape index (κ2) is 10.3. The number of Topliss-reactive ketones (excluding diaryl/α,β-unsaturated/α-hetero) is 1. The summed E-state index contributed by atoms with van der Waals surface area (Å²) in [5, 5.41) is 14.5. The molecule has 3 aliphatic rings. The highest BCUT2D eigenvalue weighted by atomic mass is 32.1. The Morgan fingerprint density at radius 1 is 1.13 bits per heavy atom. The molecule has 38 heavy (non-hydrogen) atoms. The minimum atomic E-state index is -0.634. The van der Waals surface area contributed by atoms with E-state index < -0.39 is 6.10 Å². The van der Waals surface area contributed by atoms with Gasteiger partial charge in [-0.1, -0.05) is 24.3 Å². The molecule has 0 saturated carbocycles. The summed E-state index contributed by atoms with van der Waals surface area (Å²) in [6, 6.07) is 11.2. The molecule has 6 rings (SSSR count). The van der Waals surface area contributed by atoms with Gasteiger partial charge in [0, 0.05) is 56.0 Å². The van der Waals surface area contributed by atoms with E-state index in [2.05, 4.69) is 21.3 Å². The van der Waals surface area contributed by atoms with Crippen LogP contribution in [0.15, 0.2) is 60.7 Å². The van der Waals surface area contributed by atoms with E-state index in [0.29, 0.717) is 44.2 Å². The number of piperazine rings is 1. The van der Waals surface area contributed by atoms with Gasteiger partial charge < -0.3 is 20.1 Å². The molecule has 8 nitrogen and oxygen atoms in total. The number of aromatic nitrogens is 1. The molecule has 2 heterocycles. The topological polar surface area (TPSA) is 95.0 Å². The number of β-amino-alcohol motifs (C(OH)–C–C–N with tert-alkyl or cyclic N) is 1. The molecule has 9 heteroatoms. The summed E-state index contributed by atoms with van der Waals surface area (Å²) in [6.07, 6.45) is 7.27.